The summed E-state index contributed by atoms with van der Waals surface area (Å²) in [6, 6.07) is 0. The summed E-state index contributed by atoms with van der Waals surface area (Å²) >= 11 is 0. The third kappa shape index (κ3) is 4.74. The Morgan fingerprint density at radius 2 is 1.94 bits per heavy atom. The summed E-state index contributed by atoms with van der Waals surface area (Å²) in [6.45, 7) is 5.27. The van der Waals surface area contributed by atoms with Crippen LogP contribution in [0.25, 0.3) is 0 Å². The second kappa shape index (κ2) is 7.30. The van der Waals surface area contributed by atoms with E-state index < -0.39 is 0 Å². The van der Waals surface area contributed by atoms with Crippen LogP contribution >= 0.6 is 0 Å². The molecule has 2 atom stereocenters. The minimum absolute atomic E-state index is 0.0582. The largest absolute Gasteiger partial charge is 0.353 e. The van der Waals surface area contributed by atoms with Gasteiger partial charge < -0.3 is 9.47 Å². The molecule has 1 fully saturated rings. The number of ether oxygens (including phenoxy) is 2. The van der Waals surface area contributed by atoms with Crippen LogP contribution in [0.5, 0.6) is 0 Å². The van der Waals surface area contributed by atoms with E-state index in [2.05, 4.69) is 19.1 Å². The molecule has 2 aliphatic carbocycles. The lowest BCUT2D eigenvalue weighted by atomic mass is 9.83. The summed E-state index contributed by atoms with van der Waals surface area (Å²) in [5.74, 6) is 1.68. The molecule has 0 N–H and O–H groups in total. The van der Waals surface area contributed by atoms with Crippen LogP contribution in [-0.4, -0.2) is 19.0 Å². The minimum Gasteiger partial charge on any atom is -0.353 e. The van der Waals surface area contributed by atoms with E-state index in [9.17, 15) is 0 Å². The average Bonchev–Trinajstić information content (AvgIpc) is 2.39. The molecule has 0 bridgehead atoms. The van der Waals surface area contributed by atoms with Crippen LogP contribution < -0.4 is 0 Å². The normalized spacial score (nSPS) is 34.4. The Hall–Kier alpha value is -0.340. The van der Waals surface area contributed by atoms with E-state index in [0.717, 1.165) is 24.9 Å². The Balaban J connectivity index is 1.60. The lowest BCUT2D eigenvalue weighted by molar-refractivity contribution is -0.159. The van der Waals surface area contributed by atoms with Crippen molar-refractivity contribution in [2.24, 2.45) is 11.8 Å². The molecule has 0 spiro atoms. The van der Waals surface area contributed by atoms with Crippen molar-refractivity contribution in [1.29, 1.82) is 0 Å². The molecule has 0 aromatic heterocycles. The monoisotopic (exact) mass is 252 g/mol. The molecule has 2 nitrogen and oxygen atoms in total. The van der Waals surface area contributed by atoms with Gasteiger partial charge in [-0.05, 0) is 50.9 Å². The van der Waals surface area contributed by atoms with Crippen LogP contribution in [0.15, 0.2) is 12.2 Å². The van der Waals surface area contributed by atoms with Gasteiger partial charge in [0.1, 0.15) is 0 Å². The van der Waals surface area contributed by atoms with Crippen molar-refractivity contribution >= 4 is 0 Å². The van der Waals surface area contributed by atoms with E-state index in [1.807, 2.05) is 6.92 Å². The topological polar surface area (TPSA) is 18.5 Å². The molecule has 0 amide bonds. The fraction of sp³-hybridized carbons (Fsp3) is 0.875. The van der Waals surface area contributed by atoms with Crippen molar-refractivity contribution in [3.63, 3.8) is 0 Å². The second-order valence-electron chi connectivity index (χ2n) is 6.06. The van der Waals surface area contributed by atoms with Crippen LogP contribution in [0.2, 0.25) is 0 Å². The summed E-state index contributed by atoms with van der Waals surface area (Å²) in [4.78, 5) is 0. The summed E-state index contributed by atoms with van der Waals surface area (Å²) in [5.41, 5.74) is 0. The van der Waals surface area contributed by atoms with E-state index in [0.29, 0.717) is 0 Å². The third-order valence-electron chi connectivity index (χ3n) is 4.28. The maximum absolute atomic E-state index is 5.89. The van der Waals surface area contributed by atoms with Gasteiger partial charge in [0.25, 0.3) is 0 Å². The van der Waals surface area contributed by atoms with Crippen molar-refractivity contribution in [1.82, 2.24) is 0 Å². The van der Waals surface area contributed by atoms with Crippen LogP contribution in [0.1, 0.15) is 58.8 Å². The van der Waals surface area contributed by atoms with Gasteiger partial charge in [-0.1, -0.05) is 31.9 Å². The zero-order valence-electron chi connectivity index (χ0n) is 11.9. The van der Waals surface area contributed by atoms with Gasteiger partial charge in [0.2, 0.25) is 0 Å². The summed E-state index contributed by atoms with van der Waals surface area (Å²) in [5, 5.41) is 0. The van der Waals surface area contributed by atoms with E-state index in [4.69, 9.17) is 9.47 Å². The first kappa shape index (κ1) is 14.1. The molecule has 2 aliphatic rings. The quantitative estimate of drug-likeness (QED) is 0.536. The number of allylic oxidation sites excluding steroid dienone is 1. The molecular formula is C16H28O2. The van der Waals surface area contributed by atoms with Gasteiger partial charge in [-0.3, -0.25) is 0 Å². The van der Waals surface area contributed by atoms with E-state index in [-0.39, 0.29) is 12.4 Å². The van der Waals surface area contributed by atoms with Gasteiger partial charge in [-0.2, -0.15) is 0 Å². The predicted molar refractivity (Wildman–Crippen MR) is 74.4 cm³/mol. The summed E-state index contributed by atoms with van der Waals surface area (Å²) in [6.07, 6.45) is 13.6. The molecule has 0 aromatic rings. The highest BCUT2D eigenvalue weighted by Crippen LogP contribution is 2.28. The van der Waals surface area contributed by atoms with Crippen molar-refractivity contribution in [3.8, 4) is 0 Å². The predicted octanol–water partition coefficient (Wildman–Crippen LogP) is 4.30. The highest BCUT2D eigenvalue weighted by atomic mass is 16.7. The Morgan fingerprint density at radius 1 is 1.17 bits per heavy atom. The average molecular weight is 252 g/mol. The highest BCUT2D eigenvalue weighted by molar-refractivity contribution is 4.94. The molecule has 1 saturated carbocycles. The lowest BCUT2D eigenvalue weighted by Crippen LogP contribution is -2.25. The smallest absolute Gasteiger partial charge is 0.155 e. The fourth-order valence-corrected chi connectivity index (χ4v) is 2.95. The molecule has 0 aromatic carbocycles. The first-order valence-electron chi connectivity index (χ1n) is 7.67. The first-order valence-corrected chi connectivity index (χ1v) is 7.67. The number of hydrogen-bond donors (Lipinski definition) is 0. The molecule has 2 rings (SSSR count). The molecule has 0 aliphatic heterocycles. The zero-order chi connectivity index (χ0) is 12.8. The van der Waals surface area contributed by atoms with Gasteiger partial charge in [0.15, 0.2) is 6.29 Å². The Morgan fingerprint density at radius 3 is 2.61 bits per heavy atom. The third-order valence-corrected chi connectivity index (χ3v) is 4.28. The van der Waals surface area contributed by atoms with E-state index in [1.54, 1.807) is 0 Å². The van der Waals surface area contributed by atoms with Crippen molar-refractivity contribution in [2.75, 3.05) is 6.61 Å². The molecule has 2 heteroatoms. The van der Waals surface area contributed by atoms with Gasteiger partial charge in [0, 0.05) is 0 Å². The van der Waals surface area contributed by atoms with Crippen molar-refractivity contribution in [2.45, 2.75) is 71.2 Å². The highest BCUT2D eigenvalue weighted by Gasteiger charge is 2.20. The Labute approximate surface area is 112 Å². The SMILES string of the molecule is CC1CCC(COC(C)OC2C=CCCC2)CC1. The van der Waals surface area contributed by atoms with Crippen molar-refractivity contribution in [3.05, 3.63) is 12.2 Å². The lowest BCUT2D eigenvalue weighted by Gasteiger charge is -2.28. The van der Waals surface area contributed by atoms with Crippen LogP contribution in [-0.2, 0) is 9.47 Å². The Kier molecular flexibility index (Phi) is 5.71. The van der Waals surface area contributed by atoms with Crippen molar-refractivity contribution < 1.29 is 9.47 Å². The van der Waals surface area contributed by atoms with E-state index >= 15 is 0 Å². The van der Waals surface area contributed by atoms with Gasteiger partial charge >= 0.3 is 0 Å². The zero-order valence-corrected chi connectivity index (χ0v) is 11.9. The molecule has 104 valence electrons. The second-order valence-corrected chi connectivity index (χ2v) is 6.06. The van der Waals surface area contributed by atoms with Gasteiger partial charge in [0.05, 0.1) is 12.7 Å². The van der Waals surface area contributed by atoms with E-state index in [1.165, 1.54) is 38.5 Å². The standard InChI is InChI=1S/C16H28O2/c1-13-8-10-15(11-9-13)12-17-14(2)18-16-6-4-3-5-7-16/h4,6,13-16H,3,5,7-12H2,1-2H3. The molecule has 0 saturated heterocycles. The maximum Gasteiger partial charge on any atom is 0.155 e. The van der Waals surface area contributed by atoms with Crippen LogP contribution in [0.4, 0.5) is 0 Å². The van der Waals surface area contributed by atoms with Gasteiger partial charge in [-0.15, -0.1) is 0 Å². The number of rotatable bonds is 5. The fourth-order valence-electron chi connectivity index (χ4n) is 2.95. The molecule has 0 radical (unpaired) electrons. The van der Waals surface area contributed by atoms with Gasteiger partial charge in [-0.25, -0.2) is 0 Å². The Bertz CT molecular complexity index is 254. The minimum atomic E-state index is -0.0582. The summed E-state index contributed by atoms with van der Waals surface area (Å²) in [7, 11) is 0. The van der Waals surface area contributed by atoms with Crippen LogP contribution in [0, 0.1) is 11.8 Å². The molecule has 0 heterocycles. The number of hydrogen-bond acceptors (Lipinski definition) is 2. The first-order chi connectivity index (χ1) is 8.74. The van der Waals surface area contributed by atoms with Crippen LogP contribution in [0.3, 0.4) is 0 Å². The molecule has 18 heavy (non-hydrogen) atoms. The maximum atomic E-state index is 5.89. The summed E-state index contributed by atoms with van der Waals surface area (Å²) < 4.78 is 11.8. The molecule has 2 unspecified atom stereocenters. The molecular weight excluding hydrogens is 224 g/mol.